The van der Waals surface area contributed by atoms with Crippen molar-refractivity contribution >= 4 is 28.8 Å². The van der Waals surface area contributed by atoms with Crippen LogP contribution in [0.5, 0.6) is 0 Å². The van der Waals surface area contributed by atoms with E-state index in [0.29, 0.717) is 35.3 Å². The minimum atomic E-state index is -0.156. The molecular formula is C24H29N7O2. The van der Waals surface area contributed by atoms with Gasteiger partial charge in [-0.1, -0.05) is 6.07 Å². The average Bonchev–Trinajstić information content (AvgIpc) is 3.53. The van der Waals surface area contributed by atoms with Gasteiger partial charge in [0.05, 0.1) is 5.92 Å². The number of nitrogens with one attached hydrogen (secondary N) is 1. The van der Waals surface area contributed by atoms with Crippen LogP contribution in [0.25, 0.3) is 22.7 Å². The van der Waals surface area contributed by atoms with E-state index in [1.165, 1.54) is 4.90 Å². The van der Waals surface area contributed by atoms with Crippen molar-refractivity contribution in [1.82, 2.24) is 29.7 Å². The molecule has 0 radical (unpaired) electrons. The number of carbonyl (C=O) groups excluding carboxylic acids is 2. The fourth-order valence-electron chi connectivity index (χ4n) is 4.68. The molecule has 1 N–H and O–H groups in total. The van der Waals surface area contributed by atoms with Gasteiger partial charge in [0.15, 0.2) is 11.5 Å². The highest BCUT2D eigenvalue weighted by Gasteiger charge is 2.31. The van der Waals surface area contributed by atoms with Gasteiger partial charge in [-0.25, -0.2) is 15.0 Å². The number of amides is 2. The molecule has 0 aromatic carbocycles. The van der Waals surface area contributed by atoms with E-state index in [4.69, 9.17) is 4.98 Å². The second-order valence-corrected chi connectivity index (χ2v) is 9.05. The molecule has 0 spiro atoms. The van der Waals surface area contributed by atoms with Gasteiger partial charge < -0.3 is 19.7 Å². The van der Waals surface area contributed by atoms with Gasteiger partial charge in [0.2, 0.25) is 5.91 Å². The Balaban J connectivity index is 1.37. The molecule has 2 saturated heterocycles. The Labute approximate surface area is 192 Å². The predicted octanol–water partition coefficient (Wildman–Crippen LogP) is 2.56. The summed E-state index contributed by atoms with van der Waals surface area (Å²) < 4.78 is 0. The Kier molecular flexibility index (Phi) is 5.70. The standard InChI is InChI=1S/C24H29N7O2/c1-29(2)24(33)19-9-5-8-17(25-19)21-26-18-10-11-20(27-22(18)28-21)31-14-6-7-16(15-31)23(32)30-12-3-4-13-30/h5,8-11,16H,3-4,6-7,12-15H2,1-2H3,(H,26,27,28)/t16-/m1/s1. The van der Waals surface area contributed by atoms with Crippen LogP contribution >= 0.6 is 0 Å². The number of hydrogen-bond donors (Lipinski definition) is 1. The SMILES string of the molecule is CN(C)C(=O)c1cccc(-c2nc3ccc(N4CCC[C@@H](C(=O)N5CCCC5)C4)nc3[nH]2)n1. The second-order valence-electron chi connectivity index (χ2n) is 9.05. The number of aromatic amines is 1. The van der Waals surface area contributed by atoms with Crippen LogP contribution in [-0.2, 0) is 4.79 Å². The van der Waals surface area contributed by atoms with Gasteiger partial charge in [-0.05, 0) is 49.9 Å². The topological polar surface area (TPSA) is 98.3 Å². The van der Waals surface area contributed by atoms with Crippen LogP contribution in [0.2, 0.25) is 0 Å². The predicted molar refractivity (Wildman–Crippen MR) is 126 cm³/mol. The zero-order valence-corrected chi connectivity index (χ0v) is 19.1. The lowest BCUT2D eigenvalue weighted by Crippen LogP contribution is -2.44. The van der Waals surface area contributed by atoms with Gasteiger partial charge in [0.1, 0.15) is 22.7 Å². The van der Waals surface area contributed by atoms with Crippen LogP contribution in [0.3, 0.4) is 0 Å². The Morgan fingerprint density at radius 3 is 2.61 bits per heavy atom. The number of hydrogen-bond acceptors (Lipinski definition) is 6. The third-order valence-electron chi connectivity index (χ3n) is 6.46. The Hall–Kier alpha value is -3.49. The molecule has 0 bridgehead atoms. The number of fused-ring (bicyclic) bond motifs is 1. The second kappa shape index (κ2) is 8.80. The number of piperidine rings is 1. The normalized spacial score (nSPS) is 18.7. The largest absolute Gasteiger partial charge is 0.356 e. The fraction of sp³-hybridized carbons (Fsp3) is 0.458. The van der Waals surface area contributed by atoms with E-state index in [2.05, 4.69) is 19.9 Å². The van der Waals surface area contributed by atoms with E-state index in [0.717, 1.165) is 56.7 Å². The van der Waals surface area contributed by atoms with Crippen molar-refractivity contribution < 1.29 is 9.59 Å². The number of imidazole rings is 1. The van der Waals surface area contributed by atoms with E-state index in [9.17, 15) is 9.59 Å². The van der Waals surface area contributed by atoms with Crippen molar-refractivity contribution in [3.63, 3.8) is 0 Å². The summed E-state index contributed by atoms with van der Waals surface area (Å²) in [6.45, 7) is 3.38. The molecule has 2 aliphatic heterocycles. The van der Waals surface area contributed by atoms with E-state index in [-0.39, 0.29) is 11.8 Å². The van der Waals surface area contributed by atoms with Gasteiger partial charge in [0, 0.05) is 40.3 Å². The van der Waals surface area contributed by atoms with Crippen molar-refractivity contribution in [1.29, 1.82) is 0 Å². The van der Waals surface area contributed by atoms with E-state index in [1.54, 1.807) is 26.2 Å². The number of carbonyl (C=O) groups is 2. The Morgan fingerprint density at radius 1 is 1.00 bits per heavy atom. The first-order valence-electron chi connectivity index (χ1n) is 11.6. The van der Waals surface area contributed by atoms with Crippen LogP contribution in [0.15, 0.2) is 30.3 Å². The van der Waals surface area contributed by atoms with Gasteiger partial charge in [-0.2, -0.15) is 0 Å². The van der Waals surface area contributed by atoms with Gasteiger partial charge in [-0.15, -0.1) is 0 Å². The summed E-state index contributed by atoms with van der Waals surface area (Å²) in [6, 6.07) is 9.23. The zero-order chi connectivity index (χ0) is 22.9. The molecule has 5 heterocycles. The van der Waals surface area contributed by atoms with Crippen LogP contribution in [0.1, 0.15) is 36.2 Å². The third-order valence-corrected chi connectivity index (χ3v) is 6.46. The highest BCUT2D eigenvalue weighted by Crippen LogP contribution is 2.26. The van der Waals surface area contributed by atoms with Gasteiger partial charge in [0.25, 0.3) is 5.91 Å². The molecule has 9 heteroatoms. The molecule has 33 heavy (non-hydrogen) atoms. The maximum atomic E-state index is 12.9. The maximum absolute atomic E-state index is 12.9. The quantitative estimate of drug-likeness (QED) is 0.660. The average molecular weight is 448 g/mol. The molecule has 0 aliphatic carbocycles. The highest BCUT2D eigenvalue weighted by atomic mass is 16.2. The molecule has 0 saturated carbocycles. The Morgan fingerprint density at radius 2 is 1.82 bits per heavy atom. The Bertz CT molecular complexity index is 1180. The summed E-state index contributed by atoms with van der Waals surface area (Å²) in [5.74, 6) is 1.59. The molecule has 3 aromatic rings. The molecule has 3 aromatic heterocycles. The van der Waals surface area contributed by atoms with Crippen molar-refractivity contribution in [2.75, 3.05) is 45.2 Å². The monoisotopic (exact) mass is 447 g/mol. The molecular weight excluding hydrogens is 418 g/mol. The smallest absolute Gasteiger partial charge is 0.271 e. The summed E-state index contributed by atoms with van der Waals surface area (Å²) in [5, 5.41) is 0. The summed E-state index contributed by atoms with van der Waals surface area (Å²) in [7, 11) is 3.40. The molecule has 9 nitrogen and oxygen atoms in total. The van der Waals surface area contributed by atoms with Gasteiger partial charge >= 0.3 is 0 Å². The summed E-state index contributed by atoms with van der Waals surface area (Å²) in [4.78, 5) is 48.0. The van der Waals surface area contributed by atoms with Crippen molar-refractivity contribution in [2.45, 2.75) is 25.7 Å². The summed E-state index contributed by atoms with van der Waals surface area (Å²) in [6.07, 6.45) is 4.15. The van der Waals surface area contributed by atoms with Crippen molar-refractivity contribution in [3.8, 4) is 11.5 Å². The number of H-pyrrole nitrogens is 1. The summed E-state index contributed by atoms with van der Waals surface area (Å²) in [5.41, 5.74) is 2.37. The number of rotatable bonds is 4. The van der Waals surface area contributed by atoms with E-state index in [1.807, 2.05) is 23.1 Å². The fourth-order valence-corrected chi connectivity index (χ4v) is 4.68. The first-order chi connectivity index (χ1) is 16.0. The van der Waals surface area contributed by atoms with Crippen LogP contribution < -0.4 is 4.90 Å². The number of pyridine rings is 2. The minimum absolute atomic E-state index is 0.0350. The summed E-state index contributed by atoms with van der Waals surface area (Å²) >= 11 is 0. The van der Waals surface area contributed by atoms with Crippen molar-refractivity contribution in [3.05, 3.63) is 36.0 Å². The van der Waals surface area contributed by atoms with Gasteiger partial charge in [-0.3, -0.25) is 9.59 Å². The van der Waals surface area contributed by atoms with Crippen molar-refractivity contribution in [2.24, 2.45) is 5.92 Å². The minimum Gasteiger partial charge on any atom is -0.356 e. The zero-order valence-electron chi connectivity index (χ0n) is 19.1. The first kappa shape index (κ1) is 21.4. The number of aromatic nitrogens is 4. The molecule has 5 rings (SSSR count). The van der Waals surface area contributed by atoms with E-state index < -0.39 is 0 Å². The number of anilines is 1. The lowest BCUT2D eigenvalue weighted by molar-refractivity contribution is -0.134. The lowest BCUT2D eigenvalue weighted by atomic mass is 9.96. The molecule has 2 amide bonds. The molecule has 0 unspecified atom stereocenters. The third kappa shape index (κ3) is 4.27. The number of likely N-dealkylation sites (tertiary alicyclic amines) is 1. The van der Waals surface area contributed by atoms with E-state index >= 15 is 0 Å². The molecule has 2 aliphatic rings. The molecule has 2 fully saturated rings. The maximum Gasteiger partial charge on any atom is 0.271 e. The van der Waals surface area contributed by atoms with Crippen LogP contribution in [0.4, 0.5) is 5.82 Å². The van der Waals surface area contributed by atoms with Crippen LogP contribution in [-0.4, -0.2) is 81.8 Å². The molecule has 172 valence electrons. The lowest BCUT2D eigenvalue weighted by Gasteiger charge is -2.34. The number of nitrogens with zero attached hydrogens (tertiary/aromatic N) is 6. The van der Waals surface area contributed by atoms with Crippen LogP contribution in [0, 0.1) is 5.92 Å². The molecule has 1 atom stereocenters. The first-order valence-corrected chi connectivity index (χ1v) is 11.6. The highest BCUT2D eigenvalue weighted by molar-refractivity contribution is 5.92.